The van der Waals surface area contributed by atoms with Gasteiger partial charge in [0.05, 0.1) is 4.70 Å². The van der Waals surface area contributed by atoms with Crippen molar-refractivity contribution in [2.75, 3.05) is 5.32 Å². The number of thiocarbonyl (C=S) groups is 1. The highest BCUT2D eigenvalue weighted by atomic mass is 32.1. The normalized spacial score (nSPS) is 15.0. The van der Waals surface area contributed by atoms with Gasteiger partial charge in [-0.15, -0.1) is 0 Å². The molecular weight excluding hydrogens is 238 g/mol. The molecule has 1 aliphatic rings. The van der Waals surface area contributed by atoms with Crippen LogP contribution in [0.3, 0.4) is 0 Å². The molecule has 3 nitrogen and oxygen atoms in total. The van der Waals surface area contributed by atoms with Crippen LogP contribution in [0.1, 0.15) is 12.8 Å². The molecule has 0 aliphatic heterocycles. The number of hydrogen-bond acceptors (Lipinski definition) is 3. The van der Waals surface area contributed by atoms with Crippen molar-refractivity contribution in [3.8, 4) is 0 Å². The van der Waals surface area contributed by atoms with E-state index in [2.05, 4.69) is 27.1 Å². The van der Waals surface area contributed by atoms with Gasteiger partial charge in [0.25, 0.3) is 0 Å². The van der Waals surface area contributed by atoms with E-state index in [1.54, 1.807) is 0 Å². The summed E-state index contributed by atoms with van der Waals surface area (Å²) in [6, 6.07) is 6.75. The summed E-state index contributed by atoms with van der Waals surface area (Å²) in [7, 11) is 0. The average molecular weight is 249 g/mol. The number of rotatable bonds is 2. The standard InChI is InChI=1S/C11H11N3S2/c15-11(13-8-1-2-8)14-9-3-4-10-7(5-9)6-12-16-10/h3-6,8H,1-2H2,(H2,13,14,15). The van der Waals surface area contributed by atoms with Gasteiger partial charge in [0.1, 0.15) is 0 Å². The van der Waals surface area contributed by atoms with Gasteiger partial charge in [-0.1, -0.05) is 0 Å². The zero-order chi connectivity index (χ0) is 11.0. The summed E-state index contributed by atoms with van der Waals surface area (Å²) in [5.41, 5.74) is 1.02. The van der Waals surface area contributed by atoms with Crippen molar-refractivity contribution in [1.82, 2.24) is 9.69 Å². The fourth-order valence-corrected chi connectivity index (χ4v) is 2.44. The summed E-state index contributed by atoms with van der Waals surface area (Å²) in [5, 5.41) is 8.31. The number of benzene rings is 1. The van der Waals surface area contributed by atoms with E-state index in [0.717, 1.165) is 11.1 Å². The molecule has 0 radical (unpaired) electrons. The second-order valence-electron chi connectivity index (χ2n) is 3.95. The zero-order valence-electron chi connectivity index (χ0n) is 8.56. The van der Waals surface area contributed by atoms with Gasteiger partial charge in [-0.25, -0.2) is 0 Å². The van der Waals surface area contributed by atoms with Crippen molar-refractivity contribution in [2.45, 2.75) is 18.9 Å². The maximum atomic E-state index is 5.22. The Hall–Kier alpha value is -1.20. The van der Waals surface area contributed by atoms with E-state index in [4.69, 9.17) is 12.2 Å². The Kier molecular flexibility index (Phi) is 2.49. The van der Waals surface area contributed by atoms with E-state index in [1.165, 1.54) is 29.1 Å². The summed E-state index contributed by atoms with van der Waals surface area (Å²) in [6.45, 7) is 0. The van der Waals surface area contributed by atoms with Crippen molar-refractivity contribution in [1.29, 1.82) is 0 Å². The van der Waals surface area contributed by atoms with Crippen molar-refractivity contribution in [3.05, 3.63) is 24.4 Å². The van der Waals surface area contributed by atoms with E-state index in [-0.39, 0.29) is 0 Å². The molecule has 3 rings (SSSR count). The second kappa shape index (κ2) is 3.99. The Labute approximate surface area is 103 Å². The van der Waals surface area contributed by atoms with Crippen LogP contribution in [-0.2, 0) is 0 Å². The monoisotopic (exact) mass is 249 g/mol. The van der Waals surface area contributed by atoms with E-state index in [0.29, 0.717) is 11.2 Å². The first-order valence-electron chi connectivity index (χ1n) is 5.23. The van der Waals surface area contributed by atoms with Crippen LogP contribution < -0.4 is 10.6 Å². The van der Waals surface area contributed by atoms with Gasteiger partial charge in [0.2, 0.25) is 0 Å². The van der Waals surface area contributed by atoms with Crippen LogP contribution in [0.2, 0.25) is 0 Å². The minimum atomic E-state index is 0.589. The van der Waals surface area contributed by atoms with Gasteiger partial charge < -0.3 is 10.6 Å². The molecule has 2 N–H and O–H groups in total. The molecule has 1 saturated carbocycles. The molecule has 82 valence electrons. The van der Waals surface area contributed by atoms with Gasteiger partial charge in [-0.2, -0.15) is 4.37 Å². The third kappa shape index (κ3) is 2.15. The predicted octanol–water partition coefficient (Wildman–Crippen LogP) is 2.75. The Balaban J connectivity index is 1.74. The van der Waals surface area contributed by atoms with Crippen LogP contribution >= 0.6 is 23.8 Å². The first kappa shape index (κ1) is 9.99. The molecule has 0 spiro atoms. The van der Waals surface area contributed by atoms with Crippen LogP contribution in [0.5, 0.6) is 0 Å². The zero-order valence-corrected chi connectivity index (χ0v) is 10.2. The van der Waals surface area contributed by atoms with Crippen LogP contribution in [0, 0.1) is 0 Å². The number of hydrogen-bond donors (Lipinski definition) is 2. The van der Waals surface area contributed by atoms with Crippen LogP contribution in [-0.4, -0.2) is 15.5 Å². The molecule has 5 heteroatoms. The number of anilines is 1. The highest BCUT2D eigenvalue weighted by Gasteiger charge is 2.21. The molecule has 1 aromatic carbocycles. The molecule has 1 heterocycles. The van der Waals surface area contributed by atoms with E-state index < -0.39 is 0 Å². The summed E-state index contributed by atoms with van der Waals surface area (Å²) in [6.07, 6.45) is 4.34. The van der Waals surface area contributed by atoms with Crippen molar-refractivity contribution >= 4 is 44.6 Å². The molecule has 0 atom stereocenters. The van der Waals surface area contributed by atoms with Crippen molar-refractivity contribution in [3.63, 3.8) is 0 Å². The molecule has 0 bridgehead atoms. The second-order valence-corrected chi connectivity index (χ2v) is 5.19. The Bertz CT molecular complexity index is 531. The number of nitrogens with one attached hydrogen (secondary N) is 2. The molecule has 1 aromatic heterocycles. The van der Waals surface area contributed by atoms with Crippen LogP contribution in [0.15, 0.2) is 24.4 Å². The summed E-state index contributed by atoms with van der Waals surface area (Å²) in [5.74, 6) is 0. The van der Waals surface area contributed by atoms with E-state index >= 15 is 0 Å². The molecule has 0 unspecified atom stereocenters. The summed E-state index contributed by atoms with van der Waals surface area (Å²) in [4.78, 5) is 0. The first-order valence-corrected chi connectivity index (χ1v) is 6.41. The molecule has 0 amide bonds. The van der Waals surface area contributed by atoms with Gasteiger partial charge in [0, 0.05) is 23.3 Å². The maximum Gasteiger partial charge on any atom is 0.170 e. The Morgan fingerprint density at radius 1 is 1.44 bits per heavy atom. The maximum absolute atomic E-state index is 5.22. The average Bonchev–Trinajstić information content (AvgIpc) is 2.95. The third-order valence-corrected chi connectivity index (χ3v) is 3.52. The lowest BCUT2D eigenvalue weighted by atomic mass is 10.2. The lowest BCUT2D eigenvalue weighted by molar-refractivity contribution is 0.919. The fourth-order valence-electron chi connectivity index (χ4n) is 1.53. The Morgan fingerprint density at radius 2 is 2.31 bits per heavy atom. The van der Waals surface area contributed by atoms with Crippen LogP contribution in [0.4, 0.5) is 5.69 Å². The predicted molar refractivity (Wildman–Crippen MR) is 72.0 cm³/mol. The minimum absolute atomic E-state index is 0.589. The van der Waals surface area contributed by atoms with Crippen molar-refractivity contribution in [2.24, 2.45) is 0 Å². The van der Waals surface area contributed by atoms with Gasteiger partial charge in [-0.05, 0) is 54.8 Å². The molecule has 16 heavy (non-hydrogen) atoms. The fraction of sp³-hybridized carbons (Fsp3) is 0.273. The number of fused-ring (bicyclic) bond motifs is 1. The smallest absolute Gasteiger partial charge is 0.170 e. The third-order valence-electron chi connectivity index (χ3n) is 2.52. The lowest BCUT2D eigenvalue weighted by Gasteiger charge is -2.09. The molecular formula is C11H11N3S2. The van der Waals surface area contributed by atoms with Crippen LogP contribution in [0.25, 0.3) is 10.1 Å². The number of aromatic nitrogens is 1. The van der Waals surface area contributed by atoms with Crippen molar-refractivity contribution < 1.29 is 0 Å². The summed E-state index contributed by atoms with van der Waals surface area (Å²) < 4.78 is 5.35. The lowest BCUT2D eigenvalue weighted by Crippen LogP contribution is -2.30. The van der Waals surface area contributed by atoms with E-state index in [9.17, 15) is 0 Å². The molecule has 1 fully saturated rings. The topological polar surface area (TPSA) is 37.0 Å². The summed E-state index contributed by atoms with van der Waals surface area (Å²) >= 11 is 6.73. The van der Waals surface area contributed by atoms with Gasteiger partial charge >= 0.3 is 0 Å². The number of nitrogens with zero attached hydrogens (tertiary/aromatic N) is 1. The SMILES string of the molecule is S=C(Nc1ccc2sncc2c1)NC1CC1. The van der Waals surface area contributed by atoms with E-state index in [1.807, 2.05) is 12.3 Å². The molecule has 2 aromatic rings. The highest BCUT2D eigenvalue weighted by Crippen LogP contribution is 2.22. The minimum Gasteiger partial charge on any atom is -0.360 e. The highest BCUT2D eigenvalue weighted by molar-refractivity contribution is 7.80. The van der Waals surface area contributed by atoms with Gasteiger partial charge in [-0.3, -0.25) is 0 Å². The molecule has 1 aliphatic carbocycles. The van der Waals surface area contributed by atoms with Gasteiger partial charge in [0.15, 0.2) is 5.11 Å². The largest absolute Gasteiger partial charge is 0.360 e. The molecule has 0 saturated heterocycles. The first-order chi connectivity index (χ1) is 7.81. The Morgan fingerprint density at radius 3 is 3.12 bits per heavy atom. The quantitative estimate of drug-likeness (QED) is 0.803.